The minimum absolute atomic E-state index is 0.0789. The van der Waals surface area contributed by atoms with Gasteiger partial charge in [-0.05, 0) is 57.9 Å². The second-order valence-electron chi connectivity index (χ2n) is 7.70. The molecule has 0 spiro atoms. The fourth-order valence-electron chi connectivity index (χ4n) is 4.86. The number of hydrogen-bond donors (Lipinski definition) is 0. The van der Waals surface area contributed by atoms with Crippen molar-refractivity contribution in [2.45, 2.75) is 103 Å². The highest BCUT2D eigenvalue weighted by atomic mass is 28.3. The molecule has 0 aromatic carbocycles. The molecule has 2 aliphatic carbocycles. The highest BCUT2D eigenvalue weighted by molar-refractivity contribution is 6.42. The van der Waals surface area contributed by atoms with E-state index >= 15 is 0 Å². The molecule has 0 bridgehead atoms. The summed E-state index contributed by atoms with van der Waals surface area (Å²) in [6.07, 6.45) is 16.8. The SMILES string of the molecule is CCO[SiH](C)OC(C)(C1CCCCCC1)C1CCCCCC1. The summed E-state index contributed by atoms with van der Waals surface area (Å²) in [4.78, 5) is 0. The highest BCUT2D eigenvalue weighted by Crippen LogP contribution is 2.44. The molecule has 2 fully saturated rings. The van der Waals surface area contributed by atoms with E-state index in [2.05, 4.69) is 20.4 Å². The molecule has 0 radical (unpaired) electrons. The summed E-state index contributed by atoms with van der Waals surface area (Å²) in [5.74, 6) is 1.52. The van der Waals surface area contributed by atoms with E-state index in [4.69, 9.17) is 8.85 Å². The van der Waals surface area contributed by atoms with E-state index in [1.807, 2.05) is 0 Å². The molecule has 0 aromatic rings. The van der Waals surface area contributed by atoms with Gasteiger partial charge in [-0.1, -0.05) is 51.4 Å². The smallest absolute Gasteiger partial charge is 0.318 e. The van der Waals surface area contributed by atoms with Gasteiger partial charge in [0.2, 0.25) is 0 Å². The van der Waals surface area contributed by atoms with Gasteiger partial charge in [0.25, 0.3) is 0 Å². The molecule has 3 heteroatoms. The molecule has 2 nitrogen and oxygen atoms in total. The minimum atomic E-state index is -1.50. The van der Waals surface area contributed by atoms with Crippen LogP contribution in [0.2, 0.25) is 6.55 Å². The Bertz CT molecular complexity index is 272. The Labute approximate surface area is 140 Å². The lowest BCUT2D eigenvalue weighted by Crippen LogP contribution is -2.48. The van der Waals surface area contributed by atoms with Gasteiger partial charge >= 0.3 is 9.28 Å². The molecular weight excluding hydrogens is 288 g/mol. The molecule has 130 valence electrons. The topological polar surface area (TPSA) is 18.5 Å². The van der Waals surface area contributed by atoms with Crippen LogP contribution < -0.4 is 0 Å². The van der Waals surface area contributed by atoms with Crippen LogP contribution >= 0.6 is 0 Å². The van der Waals surface area contributed by atoms with Gasteiger partial charge in [-0.25, -0.2) is 0 Å². The Balaban J connectivity index is 2.13. The fourth-order valence-corrected chi connectivity index (χ4v) is 6.49. The zero-order valence-electron chi connectivity index (χ0n) is 15.2. The van der Waals surface area contributed by atoms with Crippen molar-refractivity contribution >= 4 is 9.28 Å². The van der Waals surface area contributed by atoms with E-state index in [9.17, 15) is 0 Å². The first-order chi connectivity index (χ1) is 10.7. The van der Waals surface area contributed by atoms with Crippen LogP contribution in [-0.4, -0.2) is 21.5 Å². The van der Waals surface area contributed by atoms with Crippen LogP contribution in [0.1, 0.15) is 90.9 Å². The Morgan fingerprint density at radius 1 is 0.818 bits per heavy atom. The maximum atomic E-state index is 6.79. The zero-order chi connectivity index (χ0) is 15.8. The largest absolute Gasteiger partial charge is 0.397 e. The quantitative estimate of drug-likeness (QED) is 0.468. The second-order valence-corrected chi connectivity index (χ2v) is 9.41. The first-order valence-corrected chi connectivity index (χ1v) is 12.1. The standard InChI is InChI=1S/C19H38O2Si/c1-4-20-22(3)21-19(2,17-13-9-5-6-10-14-17)18-15-11-7-8-12-16-18/h17-18,22H,4-16H2,1-3H3. The monoisotopic (exact) mass is 326 g/mol. The van der Waals surface area contributed by atoms with Crippen molar-refractivity contribution < 1.29 is 8.85 Å². The molecule has 0 amide bonds. The van der Waals surface area contributed by atoms with Crippen molar-refractivity contribution in [1.29, 1.82) is 0 Å². The molecule has 0 aromatic heterocycles. The van der Waals surface area contributed by atoms with Crippen LogP contribution in [0.25, 0.3) is 0 Å². The Hall–Kier alpha value is 0.137. The molecule has 0 aliphatic heterocycles. The third-order valence-corrected chi connectivity index (χ3v) is 7.80. The Kier molecular flexibility index (Phi) is 7.92. The maximum Gasteiger partial charge on any atom is 0.318 e. The van der Waals surface area contributed by atoms with Crippen molar-refractivity contribution in [3.63, 3.8) is 0 Å². The first kappa shape index (κ1) is 18.5. The van der Waals surface area contributed by atoms with Crippen LogP contribution in [0.3, 0.4) is 0 Å². The number of hydrogen-bond acceptors (Lipinski definition) is 2. The molecular formula is C19H38O2Si. The van der Waals surface area contributed by atoms with E-state index < -0.39 is 9.28 Å². The average molecular weight is 327 g/mol. The van der Waals surface area contributed by atoms with Crippen molar-refractivity contribution in [3.05, 3.63) is 0 Å². The van der Waals surface area contributed by atoms with E-state index in [1.165, 1.54) is 77.0 Å². The average Bonchev–Trinajstić information content (AvgIpc) is 2.93. The van der Waals surface area contributed by atoms with Gasteiger partial charge in [-0.2, -0.15) is 0 Å². The Morgan fingerprint density at radius 3 is 1.59 bits per heavy atom. The van der Waals surface area contributed by atoms with E-state index in [-0.39, 0.29) is 5.60 Å². The summed E-state index contributed by atoms with van der Waals surface area (Å²) >= 11 is 0. The summed E-state index contributed by atoms with van der Waals surface area (Å²) < 4.78 is 12.7. The molecule has 1 unspecified atom stereocenters. The fraction of sp³-hybridized carbons (Fsp3) is 1.00. The summed E-state index contributed by atoms with van der Waals surface area (Å²) in [6, 6.07) is 0. The number of rotatable bonds is 6. The second kappa shape index (κ2) is 9.44. The van der Waals surface area contributed by atoms with Gasteiger partial charge in [-0.3, -0.25) is 0 Å². The first-order valence-electron chi connectivity index (χ1n) is 9.96. The third-order valence-electron chi connectivity index (χ3n) is 6.15. The molecule has 2 rings (SSSR count). The summed E-state index contributed by atoms with van der Waals surface area (Å²) in [5.41, 5.74) is 0.0789. The summed E-state index contributed by atoms with van der Waals surface area (Å²) in [7, 11) is -1.50. The molecule has 0 N–H and O–H groups in total. The highest BCUT2D eigenvalue weighted by Gasteiger charge is 2.43. The Morgan fingerprint density at radius 2 is 1.23 bits per heavy atom. The third kappa shape index (κ3) is 5.07. The summed E-state index contributed by atoms with van der Waals surface area (Å²) in [6.45, 7) is 7.59. The molecule has 2 saturated carbocycles. The van der Waals surface area contributed by atoms with Gasteiger partial charge in [0.15, 0.2) is 0 Å². The van der Waals surface area contributed by atoms with Gasteiger partial charge in [-0.15, -0.1) is 0 Å². The van der Waals surface area contributed by atoms with Crippen LogP contribution in [0.4, 0.5) is 0 Å². The molecule has 2 aliphatic rings. The van der Waals surface area contributed by atoms with Crippen LogP contribution in [0, 0.1) is 11.8 Å². The normalized spacial score (nSPS) is 24.7. The van der Waals surface area contributed by atoms with Crippen molar-refractivity contribution in [1.82, 2.24) is 0 Å². The van der Waals surface area contributed by atoms with Gasteiger partial charge in [0.05, 0.1) is 5.60 Å². The molecule has 1 atom stereocenters. The van der Waals surface area contributed by atoms with E-state index in [0.717, 1.165) is 18.4 Å². The van der Waals surface area contributed by atoms with Crippen LogP contribution in [0.15, 0.2) is 0 Å². The predicted octanol–water partition coefficient (Wildman–Crippen LogP) is 5.59. The predicted molar refractivity (Wildman–Crippen MR) is 96.5 cm³/mol. The van der Waals surface area contributed by atoms with E-state index in [0.29, 0.717) is 0 Å². The van der Waals surface area contributed by atoms with Crippen LogP contribution in [0.5, 0.6) is 0 Å². The van der Waals surface area contributed by atoms with Crippen molar-refractivity contribution in [2.75, 3.05) is 6.61 Å². The van der Waals surface area contributed by atoms with Crippen molar-refractivity contribution in [3.8, 4) is 0 Å². The lowest BCUT2D eigenvalue weighted by molar-refractivity contribution is -0.0583. The maximum absolute atomic E-state index is 6.79. The van der Waals surface area contributed by atoms with E-state index in [1.54, 1.807) is 0 Å². The molecule has 0 heterocycles. The van der Waals surface area contributed by atoms with Crippen LogP contribution in [-0.2, 0) is 8.85 Å². The lowest BCUT2D eigenvalue weighted by atomic mass is 9.72. The van der Waals surface area contributed by atoms with Crippen molar-refractivity contribution in [2.24, 2.45) is 11.8 Å². The minimum Gasteiger partial charge on any atom is -0.397 e. The zero-order valence-corrected chi connectivity index (χ0v) is 16.4. The summed E-state index contributed by atoms with van der Waals surface area (Å²) in [5, 5.41) is 0. The molecule has 22 heavy (non-hydrogen) atoms. The lowest BCUT2D eigenvalue weighted by Gasteiger charge is -2.45. The van der Waals surface area contributed by atoms with Gasteiger partial charge in [0, 0.05) is 6.61 Å². The van der Waals surface area contributed by atoms with Gasteiger partial charge < -0.3 is 8.85 Å². The molecule has 0 saturated heterocycles. The van der Waals surface area contributed by atoms with Gasteiger partial charge in [0.1, 0.15) is 0 Å².